The molecule has 118 valence electrons. The number of aromatic nitrogens is 2. The number of likely N-dealkylation sites (tertiary alicyclic amines) is 1. The van der Waals surface area contributed by atoms with Gasteiger partial charge in [0.1, 0.15) is 0 Å². The number of hydrogen-bond acceptors (Lipinski definition) is 4. The molecule has 1 saturated heterocycles. The minimum absolute atomic E-state index is 0.116. The van der Waals surface area contributed by atoms with Gasteiger partial charge in [0, 0.05) is 18.5 Å². The summed E-state index contributed by atoms with van der Waals surface area (Å²) in [5, 5.41) is 10.3. The molecule has 5 nitrogen and oxygen atoms in total. The number of aromatic amines is 1. The lowest BCUT2D eigenvalue weighted by Crippen LogP contribution is -2.47. The molecule has 1 amide bonds. The van der Waals surface area contributed by atoms with Crippen LogP contribution in [0.25, 0.3) is 11.0 Å². The zero-order chi connectivity index (χ0) is 15.6. The largest absolute Gasteiger partial charge is 0.396 e. The lowest BCUT2D eigenvalue weighted by Gasteiger charge is -2.39. The summed E-state index contributed by atoms with van der Waals surface area (Å²) in [6.45, 7) is 3.60. The molecule has 0 spiro atoms. The van der Waals surface area contributed by atoms with Crippen LogP contribution in [-0.2, 0) is 4.79 Å². The summed E-state index contributed by atoms with van der Waals surface area (Å²) in [6, 6.07) is 7.84. The van der Waals surface area contributed by atoms with Crippen LogP contribution in [0.3, 0.4) is 0 Å². The number of imidazole rings is 1. The maximum atomic E-state index is 12.4. The number of nitrogens with one attached hydrogen (secondary N) is 1. The van der Waals surface area contributed by atoms with Crippen molar-refractivity contribution in [2.24, 2.45) is 5.41 Å². The van der Waals surface area contributed by atoms with Crippen LogP contribution in [-0.4, -0.2) is 51.3 Å². The predicted octanol–water partition coefficient (Wildman–Crippen LogP) is 2.28. The number of thioether (sulfide) groups is 1. The Morgan fingerprint density at radius 3 is 3.09 bits per heavy atom. The van der Waals surface area contributed by atoms with Gasteiger partial charge in [-0.05, 0) is 25.0 Å². The van der Waals surface area contributed by atoms with E-state index in [4.69, 9.17) is 0 Å². The SMILES string of the molecule is CC1(CO)CCCN(C(=O)CSc2nc3ccccc3[nH]2)C1. The summed E-state index contributed by atoms with van der Waals surface area (Å²) in [7, 11) is 0. The van der Waals surface area contributed by atoms with Crippen molar-refractivity contribution in [3.05, 3.63) is 24.3 Å². The van der Waals surface area contributed by atoms with E-state index in [1.165, 1.54) is 11.8 Å². The third-order valence-corrected chi connectivity index (χ3v) is 5.07. The van der Waals surface area contributed by atoms with E-state index >= 15 is 0 Å². The molecule has 1 unspecified atom stereocenters. The second-order valence-corrected chi connectivity index (χ2v) is 7.20. The number of carbonyl (C=O) groups excluding carboxylic acids is 1. The quantitative estimate of drug-likeness (QED) is 0.848. The van der Waals surface area contributed by atoms with Crippen LogP contribution >= 0.6 is 11.8 Å². The Morgan fingerprint density at radius 2 is 2.32 bits per heavy atom. The van der Waals surface area contributed by atoms with Crippen LogP contribution in [0.4, 0.5) is 0 Å². The van der Waals surface area contributed by atoms with Gasteiger partial charge in [-0.3, -0.25) is 4.79 Å². The highest BCUT2D eigenvalue weighted by atomic mass is 32.2. The molecule has 3 rings (SSSR count). The minimum Gasteiger partial charge on any atom is -0.396 e. The van der Waals surface area contributed by atoms with E-state index in [1.54, 1.807) is 0 Å². The number of fused-ring (bicyclic) bond motifs is 1. The molecule has 2 aromatic rings. The molecule has 2 heterocycles. The van der Waals surface area contributed by atoms with Gasteiger partial charge in [-0.1, -0.05) is 30.8 Å². The van der Waals surface area contributed by atoms with Gasteiger partial charge >= 0.3 is 0 Å². The number of nitrogens with zero attached hydrogens (tertiary/aromatic N) is 2. The van der Waals surface area contributed by atoms with E-state index in [0.29, 0.717) is 12.3 Å². The first-order valence-corrected chi connectivity index (χ1v) is 8.54. The Kier molecular flexibility index (Phi) is 4.40. The second kappa shape index (κ2) is 6.30. The molecule has 6 heteroatoms. The minimum atomic E-state index is -0.155. The predicted molar refractivity (Wildman–Crippen MR) is 87.8 cm³/mol. The maximum Gasteiger partial charge on any atom is 0.233 e. The van der Waals surface area contributed by atoms with Gasteiger partial charge < -0.3 is 15.0 Å². The standard InChI is InChI=1S/C16H21N3O2S/c1-16(11-20)7-4-8-19(10-16)14(21)9-22-15-17-12-5-2-3-6-13(12)18-15/h2-3,5-6,20H,4,7-11H2,1H3,(H,17,18). The average Bonchev–Trinajstić information content (AvgIpc) is 2.95. The number of carbonyl (C=O) groups is 1. The first kappa shape index (κ1) is 15.4. The lowest BCUT2D eigenvalue weighted by molar-refractivity contribution is -0.132. The Morgan fingerprint density at radius 1 is 1.50 bits per heavy atom. The van der Waals surface area contributed by atoms with Gasteiger partial charge in [-0.2, -0.15) is 0 Å². The fourth-order valence-electron chi connectivity index (χ4n) is 2.88. The second-order valence-electron chi connectivity index (χ2n) is 6.24. The number of para-hydroxylation sites is 2. The highest BCUT2D eigenvalue weighted by Gasteiger charge is 2.32. The summed E-state index contributed by atoms with van der Waals surface area (Å²) in [5.41, 5.74) is 1.75. The molecule has 1 atom stereocenters. The molecule has 0 radical (unpaired) electrons. The van der Waals surface area contributed by atoms with Gasteiger partial charge in [0.15, 0.2) is 5.16 Å². The van der Waals surface area contributed by atoms with E-state index in [0.717, 1.165) is 35.6 Å². The van der Waals surface area contributed by atoms with Crippen molar-refractivity contribution < 1.29 is 9.90 Å². The average molecular weight is 319 g/mol. The topological polar surface area (TPSA) is 69.2 Å². The van der Waals surface area contributed by atoms with Crippen molar-refractivity contribution in [3.63, 3.8) is 0 Å². The van der Waals surface area contributed by atoms with Gasteiger partial charge in [-0.15, -0.1) is 0 Å². The number of benzene rings is 1. The summed E-state index contributed by atoms with van der Waals surface area (Å²) in [4.78, 5) is 21.9. The van der Waals surface area contributed by atoms with Crippen molar-refractivity contribution in [1.29, 1.82) is 0 Å². The number of H-pyrrole nitrogens is 1. The molecule has 22 heavy (non-hydrogen) atoms. The third-order valence-electron chi connectivity index (χ3n) is 4.22. The zero-order valence-corrected chi connectivity index (χ0v) is 13.5. The van der Waals surface area contributed by atoms with E-state index in [9.17, 15) is 9.90 Å². The fourth-order valence-corrected chi connectivity index (χ4v) is 3.66. The summed E-state index contributed by atoms with van der Waals surface area (Å²) < 4.78 is 0. The molecule has 0 aliphatic carbocycles. The van der Waals surface area contributed by atoms with Crippen LogP contribution in [0.2, 0.25) is 0 Å². The van der Waals surface area contributed by atoms with Crippen molar-refractivity contribution in [2.75, 3.05) is 25.4 Å². The monoisotopic (exact) mass is 319 g/mol. The highest BCUT2D eigenvalue weighted by Crippen LogP contribution is 2.29. The zero-order valence-electron chi connectivity index (χ0n) is 12.7. The molecular formula is C16H21N3O2S. The molecule has 2 N–H and O–H groups in total. The molecule has 1 aromatic heterocycles. The Balaban J connectivity index is 1.60. The number of piperidine rings is 1. The van der Waals surface area contributed by atoms with Crippen LogP contribution < -0.4 is 0 Å². The van der Waals surface area contributed by atoms with Crippen LogP contribution in [0.5, 0.6) is 0 Å². The highest BCUT2D eigenvalue weighted by molar-refractivity contribution is 7.99. The molecule has 0 saturated carbocycles. The lowest BCUT2D eigenvalue weighted by atomic mass is 9.83. The molecule has 1 aliphatic heterocycles. The fraction of sp³-hybridized carbons (Fsp3) is 0.500. The van der Waals surface area contributed by atoms with Crippen LogP contribution in [0, 0.1) is 5.41 Å². The molecule has 1 fully saturated rings. The number of amides is 1. The van der Waals surface area contributed by atoms with Crippen LogP contribution in [0.1, 0.15) is 19.8 Å². The Hall–Kier alpha value is -1.53. The summed E-state index contributed by atoms with van der Waals surface area (Å²) >= 11 is 1.44. The van der Waals surface area contributed by atoms with E-state index in [2.05, 4.69) is 9.97 Å². The number of rotatable bonds is 4. The molecule has 1 aromatic carbocycles. The van der Waals surface area contributed by atoms with Gasteiger partial charge in [0.05, 0.1) is 23.4 Å². The summed E-state index contributed by atoms with van der Waals surface area (Å²) in [5.74, 6) is 0.492. The maximum absolute atomic E-state index is 12.4. The van der Waals surface area contributed by atoms with Gasteiger partial charge in [0.2, 0.25) is 5.91 Å². The molecular weight excluding hydrogens is 298 g/mol. The van der Waals surface area contributed by atoms with Crippen molar-refractivity contribution in [1.82, 2.24) is 14.9 Å². The van der Waals surface area contributed by atoms with E-state index in [1.807, 2.05) is 36.1 Å². The first-order valence-electron chi connectivity index (χ1n) is 7.56. The number of aliphatic hydroxyl groups excluding tert-OH is 1. The Labute approximate surface area is 134 Å². The van der Waals surface area contributed by atoms with Crippen molar-refractivity contribution in [3.8, 4) is 0 Å². The first-order chi connectivity index (χ1) is 10.6. The normalized spacial score (nSPS) is 22.2. The molecule has 1 aliphatic rings. The van der Waals surface area contributed by atoms with Gasteiger partial charge in [-0.25, -0.2) is 4.98 Å². The van der Waals surface area contributed by atoms with Crippen molar-refractivity contribution in [2.45, 2.75) is 24.9 Å². The van der Waals surface area contributed by atoms with Gasteiger partial charge in [0.25, 0.3) is 0 Å². The summed E-state index contributed by atoms with van der Waals surface area (Å²) in [6.07, 6.45) is 1.93. The van der Waals surface area contributed by atoms with Crippen LogP contribution in [0.15, 0.2) is 29.4 Å². The molecule has 0 bridgehead atoms. The third kappa shape index (κ3) is 3.28. The number of hydrogen-bond donors (Lipinski definition) is 2. The van der Waals surface area contributed by atoms with Crippen molar-refractivity contribution >= 4 is 28.7 Å². The Bertz CT molecular complexity index is 639. The number of aliphatic hydroxyl groups is 1. The van der Waals surface area contributed by atoms with E-state index < -0.39 is 0 Å². The smallest absolute Gasteiger partial charge is 0.233 e. The van der Waals surface area contributed by atoms with E-state index in [-0.39, 0.29) is 17.9 Å².